The number of rotatable bonds is 3. The topological polar surface area (TPSA) is 47.0 Å². The fraction of sp³-hybridized carbons (Fsp3) is 0.714. The maximum Gasteiger partial charge on any atom is 0.132 e. The van der Waals surface area contributed by atoms with Crippen LogP contribution >= 0.6 is 0 Å². The molecule has 1 aromatic rings. The molecule has 4 nitrogen and oxygen atoms in total. The van der Waals surface area contributed by atoms with Gasteiger partial charge in [0.2, 0.25) is 0 Å². The maximum absolute atomic E-state index is 5.43. The van der Waals surface area contributed by atoms with E-state index in [9.17, 15) is 0 Å². The molecule has 1 aromatic heterocycles. The highest BCUT2D eigenvalue weighted by atomic mass is 16.5. The Hall–Kier alpha value is -1.16. The summed E-state index contributed by atoms with van der Waals surface area (Å²) >= 11 is 0. The second-order valence-electron chi connectivity index (χ2n) is 5.30. The third-order valence-electron chi connectivity index (χ3n) is 3.96. The molecule has 0 bridgehead atoms. The minimum Gasteiger partial charge on any atom is -0.381 e. The highest BCUT2D eigenvalue weighted by Gasteiger charge is 2.21. The molecule has 1 aliphatic heterocycles. The van der Waals surface area contributed by atoms with Gasteiger partial charge in [-0.15, -0.1) is 0 Å². The van der Waals surface area contributed by atoms with E-state index in [1.165, 1.54) is 24.1 Å². The summed E-state index contributed by atoms with van der Waals surface area (Å²) in [6.45, 7) is 1.77. The molecule has 1 fully saturated rings. The average molecular weight is 247 g/mol. The van der Waals surface area contributed by atoms with Gasteiger partial charge in [0.1, 0.15) is 11.6 Å². The Morgan fingerprint density at radius 3 is 2.94 bits per heavy atom. The van der Waals surface area contributed by atoms with Gasteiger partial charge in [0, 0.05) is 37.9 Å². The first kappa shape index (κ1) is 11.9. The molecule has 1 N–H and O–H groups in total. The lowest BCUT2D eigenvalue weighted by Crippen LogP contribution is -2.15. The number of ether oxygens (including phenoxy) is 1. The third kappa shape index (κ3) is 2.34. The van der Waals surface area contributed by atoms with Gasteiger partial charge in [-0.05, 0) is 38.0 Å². The standard InChI is InChI=1S/C14H21N3O/c1-15-14-11-4-2-3-5-12(11)16-13(17-14)8-10-6-7-18-9-10/h10H,2-9H2,1H3,(H,15,16,17). The van der Waals surface area contributed by atoms with Crippen LogP contribution in [-0.4, -0.2) is 30.2 Å². The molecule has 98 valence electrons. The summed E-state index contributed by atoms with van der Waals surface area (Å²) < 4.78 is 5.43. The smallest absolute Gasteiger partial charge is 0.132 e. The SMILES string of the molecule is CNc1nc(CC2CCOC2)nc2c1CCCC2. The molecule has 0 amide bonds. The predicted octanol–water partition coefficient (Wildman–Crippen LogP) is 1.98. The van der Waals surface area contributed by atoms with Gasteiger partial charge in [-0.3, -0.25) is 0 Å². The van der Waals surface area contributed by atoms with E-state index in [2.05, 4.69) is 5.32 Å². The molecule has 1 aliphatic carbocycles. The largest absolute Gasteiger partial charge is 0.381 e. The second-order valence-corrected chi connectivity index (χ2v) is 5.30. The van der Waals surface area contributed by atoms with Crippen molar-refractivity contribution in [2.24, 2.45) is 5.92 Å². The van der Waals surface area contributed by atoms with E-state index in [1.807, 2.05) is 7.05 Å². The van der Waals surface area contributed by atoms with Gasteiger partial charge in [0.25, 0.3) is 0 Å². The summed E-state index contributed by atoms with van der Waals surface area (Å²) in [5.41, 5.74) is 2.62. The lowest BCUT2D eigenvalue weighted by atomic mass is 9.96. The minimum absolute atomic E-state index is 0.608. The Labute approximate surface area is 108 Å². The maximum atomic E-state index is 5.43. The number of hydrogen-bond donors (Lipinski definition) is 1. The molecule has 0 radical (unpaired) electrons. The summed E-state index contributed by atoms with van der Waals surface area (Å²) in [7, 11) is 1.96. The average Bonchev–Trinajstić information content (AvgIpc) is 2.90. The van der Waals surface area contributed by atoms with Crippen molar-refractivity contribution in [2.75, 3.05) is 25.6 Å². The van der Waals surface area contributed by atoms with Crippen LogP contribution in [0.15, 0.2) is 0 Å². The Bertz CT molecular complexity index is 410. The van der Waals surface area contributed by atoms with Crippen LogP contribution in [0.2, 0.25) is 0 Å². The van der Waals surface area contributed by atoms with Gasteiger partial charge in [-0.2, -0.15) is 0 Å². The van der Waals surface area contributed by atoms with E-state index in [0.717, 1.165) is 50.5 Å². The van der Waals surface area contributed by atoms with Crippen molar-refractivity contribution < 1.29 is 4.74 Å². The number of hydrogen-bond acceptors (Lipinski definition) is 4. The molecule has 1 atom stereocenters. The van der Waals surface area contributed by atoms with Crippen molar-refractivity contribution in [3.8, 4) is 0 Å². The summed E-state index contributed by atoms with van der Waals surface area (Å²) in [4.78, 5) is 9.47. The molecule has 18 heavy (non-hydrogen) atoms. The van der Waals surface area contributed by atoms with Crippen molar-refractivity contribution >= 4 is 5.82 Å². The van der Waals surface area contributed by atoms with E-state index >= 15 is 0 Å². The number of anilines is 1. The fourth-order valence-electron chi connectivity index (χ4n) is 2.95. The molecule has 3 rings (SSSR count). The number of aryl methyl sites for hydroxylation is 1. The van der Waals surface area contributed by atoms with Crippen LogP contribution < -0.4 is 5.32 Å². The molecule has 2 heterocycles. The van der Waals surface area contributed by atoms with Crippen LogP contribution in [0, 0.1) is 5.92 Å². The Kier molecular flexibility index (Phi) is 3.46. The van der Waals surface area contributed by atoms with E-state index in [1.54, 1.807) is 0 Å². The van der Waals surface area contributed by atoms with Crippen molar-refractivity contribution in [2.45, 2.75) is 38.5 Å². The third-order valence-corrected chi connectivity index (χ3v) is 3.96. The predicted molar refractivity (Wildman–Crippen MR) is 70.9 cm³/mol. The normalized spacial score (nSPS) is 22.8. The van der Waals surface area contributed by atoms with Crippen LogP contribution in [0.5, 0.6) is 0 Å². The number of nitrogens with one attached hydrogen (secondary N) is 1. The molecule has 2 aliphatic rings. The molecule has 0 aromatic carbocycles. The molecule has 4 heteroatoms. The van der Waals surface area contributed by atoms with Crippen LogP contribution in [-0.2, 0) is 24.0 Å². The highest BCUT2D eigenvalue weighted by molar-refractivity contribution is 5.47. The molecule has 1 unspecified atom stereocenters. The molecular weight excluding hydrogens is 226 g/mol. The summed E-state index contributed by atoms with van der Waals surface area (Å²) in [5.74, 6) is 2.65. The monoisotopic (exact) mass is 247 g/mol. The van der Waals surface area contributed by atoms with Crippen molar-refractivity contribution in [1.29, 1.82) is 0 Å². The molecule has 1 saturated heterocycles. The highest BCUT2D eigenvalue weighted by Crippen LogP contribution is 2.26. The van der Waals surface area contributed by atoms with Gasteiger partial charge in [0.05, 0.1) is 0 Å². The Morgan fingerprint density at radius 1 is 1.28 bits per heavy atom. The summed E-state index contributed by atoms with van der Waals surface area (Å²) in [6.07, 6.45) is 6.87. The van der Waals surface area contributed by atoms with Gasteiger partial charge in [-0.25, -0.2) is 9.97 Å². The van der Waals surface area contributed by atoms with E-state index in [-0.39, 0.29) is 0 Å². The zero-order valence-corrected chi connectivity index (χ0v) is 11.0. The molecular formula is C14H21N3O. The minimum atomic E-state index is 0.608. The van der Waals surface area contributed by atoms with Gasteiger partial charge in [0.15, 0.2) is 0 Å². The first-order valence-electron chi connectivity index (χ1n) is 7.01. The van der Waals surface area contributed by atoms with E-state index < -0.39 is 0 Å². The first-order valence-corrected chi connectivity index (χ1v) is 7.01. The fourth-order valence-corrected chi connectivity index (χ4v) is 2.95. The van der Waals surface area contributed by atoms with Crippen LogP contribution in [0.25, 0.3) is 0 Å². The molecule has 0 saturated carbocycles. The number of nitrogens with zero attached hydrogens (tertiary/aromatic N) is 2. The van der Waals surface area contributed by atoms with Crippen LogP contribution in [0.4, 0.5) is 5.82 Å². The Morgan fingerprint density at radius 2 is 2.17 bits per heavy atom. The van der Waals surface area contributed by atoms with Crippen molar-refractivity contribution in [3.05, 3.63) is 17.1 Å². The quantitative estimate of drug-likeness (QED) is 0.887. The van der Waals surface area contributed by atoms with Gasteiger partial charge < -0.3 is 10.1 Å². The lowest BCUT2D eigenvalue weighted by Gasteiger charge is -2.19. The lowest BCUT2D eigenvalue weighted by molar-refractivity contribution is 0.185. The van der Waals surface area contributed by atoms with Gasteiger partial charge in [-0.1, -0.05) is 0 Å². The van der Waals surface area contributed by atoms with Crippen molar-refractivity contribution in [1.82, 2.24) is 9.97 Å². The van der Waals surface area contributed by atoms with Crippen molar-refractivity contribution in [3.63, 3.8) is 0 Å². The van der Waals surface area contributed by atoms with E-state index in [0.29, 0.717) is 5.92 Å². The van der Waals surface area contributed by atoms with Gasteiger partial charge >= 0.3 is 0 Å². The molecule has 0 spiro atoms. The zero-order valence-electron chi connectivity index (χ0n) is 11.0. The summed E-state index contributed by atoms with van der Waals surface area (Å²) in [6, 6.07) is 0. The second kappa shape index (κ2) is 5.22. The Balaban J connectivity index is 1.85. The number of aromatic nitrogens is 2. The summed E-state index contributed by atoms with van der Waals surface area (Å²) in [5, 5.41) is 3.24. The van der Waals surface area contributed by atoms with Crippen LogP contribution in [0.1, 0.15) is 36.3 Å². The number of fused-ring (bicyclic) bond motifs is 1. The van der Waals surface area contributed by atoms with Crippen LogP contribution in [0.3, 0.4) is 0 Å². The first-order chi connectivity index (χ1) is 8.86. The van der Waals surface area contributed by atoms with E-state index in [4.69, 9.17) is 14.7 Å². The zero-order chi connectivity index (χ0) is 12.4.